The standard InChI is InChI=1S/C14H17N3O/c1-3-17-9-11(15)8-13(17)14(18)16-12-6-4-10(2)5-7-12/h4-9H,3,15H2,1-2H3,(H,16,18). The lowest BCUT2D eigenvalue weighted by Gasteiger charge is -2.07. The predicted molar refractivity (Wildman–Crippen MR) is 73.7 cm³/mol. The Balaban J connectivity index is 2.19. The van der Waals surface area contributed by atoms with Crippen molar-refractivity contribution >= 4 is 17.3 Å². The van der Waals surface area contributed by atoms with Crippen LogP contribution in [-0.2, 0) is 6.54 Å². The number of rotatable bonds is 3. The molecule has 4 heteroatoms. The highest BCUT2D eigenvalue weighted by molar-refractivity contribution is 6.03. The Morgan fingerprint density at radius 3 is 2.61 bits per heavy atom. The van der Waals surface area contributed by atoms with Gasteiger partial charge in [-0.05, 0) is 32.0 Å². The van der Waals surface area contributed by atoms with Gasteiger partial charge in [0.05, 0.1) is 5.69 Å². The maximum absolute atomic E-state index is 12.1. The number of nitrogens with two attached hydrogens (primary N) is 1. The number of aryl methyl sites for hydroxylation is 2. The molecule has 0 spiro atoms. The van der Waals surface area contributed by atoms with E-state index in [9.17, 15) is 4.79 Å². The van der Waals surface area contributed by atoms with E-state index in [1.165, 1.54) is 0 Å². The number of hydrogen-bond acceptors (Lipinski definition) is 2. The van der Waals surface area contributed by atoms with Gasteiger partial charge in [-0.2, -0.15) is 0 Å². The molecular formula is C14H17N3O. The van der Waals surface area contributed by atoms with Crippen molar-refractivity contribution in [1.82, 2.24) is 4.57 Å². The number of aromatic nitrogens is 1. The summed E-state index contributed by atoms with van der Waals surface area (Å²) >= 11 is 0. The lowest BCUT2D eigenvalue weighted by atomic mass is 10.2. The smallest absolute Gasteiger partial charge is 0.272 e. The summed E-state index contributed by atoms with van der Waals surface area (Å²) in [6, 6.07) is 9.38. The zero-order valence-electron chi connectivity index (χ0n) is 10.6. The third-order valence-electron chi connectivity index (χ3n) is 2.80. The molecule has 0 aliphatic rings. The molecule has 0 radical (unpaired) electrons. The first-order valence-electron chi connectivity index (χ1n) is 5.94. The van der Waals surface area contributed by atoms with Crippen molar-refractivity contribution in [2.75, 3.05) is 11.1 Å². The van der Waals surface area contributed by atoms with E-state index in [0.29, 0.717) is 17.9 Å². The number of nitrogens with one attached hydrogen (secondary N) is 1. The summed E-state index contributed by atoms with van der Waals surface area (Å²) in [5.41, 5.74) is 8.83. The average molecular weight is 243 g/mol. The van der Waals surface area contributed by atoms with Gasteiger partial charge in [-0.15, -0.1) is 0 Å². The third-order valence-corrected chi connectivity index (χ3v) is 2.80. The van der Waals surface area contributed by atoms with Crippen LogP contribution in [0.15, 0.2) is 36.5 Å². The highest BCUT2D eigenvalue weighted by Crippen LogP contribution is 2.14. The minimum atomic E-state index is -0.141. The van der Waals surface area contributed by atoms with Crippen LogP contribution < -0.4 is 11.1 Å². The Kier molecular flexibility index (Phi) is 3.37. The number of anilines is 2. The second kappa shape index (κ2) is 4.96. The van der Waals surface area contributed by atoms with Crippen LogP contribution in [0.3, 0.4) is 0 Å². The van der Waals surface area contributed by atoms with E-state index in [1.807, 2.05) is 42.7 Å². The topological polar surface area (TPSA) is 60.0 Å². The van der Waals surface area contributed by atoms with Gasteiger partial charge in [0.15, 0.2) is 0 Å². The number of nitrogens with zero attached hydrogens (tertiary/aromatic N) is 1. The molecule has 0 fully saturated rings. The summed E-state index contributed by atoms with van der Waals surface area (Å²) in [4.78, 5) is 12.1. The first-order valence-corrected chi connectivity index (χ1v) is 5.94. The molecule has 1 aromatic heterocycles. The first-order chi connectivity index (χ1) is 8.60. The van der Waals surface area contributed by atoms with Gasteiger partial charge in [0.2, 0.25) is 0 Å². The molecule has 3 N–H and O–H groups in total. The molecular weight excluding hydrogens is 226 g/mol. The van der Waals surface area contributed by atoms with Gasteiger partial charge >= 0.3 is 0 Å². The van der Waals surface area contributed by atoms with Gasteiger partial charge in [0.25, 0.3) is 5.91 Å². The molecule has 18 heavy (non-hydrogen) atoms. The monoisotopic (exact) mass is 243 g/mol. The quantitative estimate of drug-likeness (QED) is 0.870. The number of carbonyl (C=O) groups is 1. The van der Waals surface area contributed by atoms with Crippen molar-refractivity contribution in [2.45, 2.75) is 20.4 Å². The van der Waals surface area contributed by atoms with Gasteiger partial charge < -0.3 is 15.6 Å². The van der Waals surface area contributed by atoms with Crippen molar-refractivity contribution < 1.29 is 4.79 Å². The van der Waals surface area contributed by atoms with Crippen LogP contribution in [0.1, 0.15) is 23.0 Å². The molecule has 0 aliphatic heterocycles. The lowest BCUT2D eigenvalue weighted by molar-refractivity contribution is 0.101. The van der Waals surface area contributed by atoms with Crippen LogP contribution in [0.5, 0.6) is 0 Å². The summed E-state index contributed by atoms with van der Waals surface area (Å²) in [5, 5.41) is 2.86. The van der Waals surface area contributed by atoms with Crippen LogP contribution in [0.4, 0.5) is 11.4 Å². The van der Waals surface area contributed by atoms with E-state index >= 15 is 0 Å². The molecule has 1 amide bonds. The van der Waals surface area contributed by atoms with E-state index in [1.54, 1.807) is 12.3 Å². The summed E-state index contributed by atoms with van der Waals surface area (Å²) in [5.74, 6) is -0.141. The highest BCUT2D eigenvalue weighted by Gasteiger charge is 2.12. The number of amides is 1. The van der Waals surface area contributed by atoms with E-state index < -0.39 is 0 Å². The van der Waals surface area contributed by atoms with Crippen LogP contribution in [-0.4, -0.2) is 10.5 Å². The molecule has 94 valence electrons. The molecule has 0 aliphatic carbocycles. The molecule has 1 aromatic carbocycles. The molecule has 2 aromatic rings. The summed E-state index contributed by atoms with van der Waals surface area (Å²) in [7, 11) is 0. The predicted octanol–water partition coefficient (Wildman–Crippen LogP) is 2.65. The Morgan fingerprint density at radius 1 is 1.33 bits per heavy atom. The molecule has 2 rings (SSSR count). The van der Waals surface area contributed by atoms with Crippen LogP contribution in [0.2, 0.25) is 0 Å². The van der Waals surface area contributed by atoms with Gasteiger partial charge in [-0.25, -0.2) is 0 Å². The van der Waals surface area contributed by atoms with Gasteiger partial charge in [-0.1, -0.05) is 17.7 Å². The van der Waals surface area contributed by atoms with E-state index in [2.05, 4.69) is 5.32 Å². The summed E-state index contributed by atoms with van der Waals surface area (Å²) in [6.45, 7) is 4.70. The third kappa shape index (κ3) is 2.53. The number of benzene rings is 1. The summed E-state index contributed by atoms with van der Waals surface area (Å²) < 4.78 is 1.83. The van der Waals surface area contributed by atoms with Crippen molar-refractivity contribution in [3.63, 3.8) is 0 Å². The molecule has 0 atom stereocenters. The average Bonchev–Trinajstić information content (AvgIpc) is 2.73. The Labute approximate surface area is 106 Å². The first kappa shape index (κ1) is 12.2. The van der Waals surface area contributed by atoms with Crippen LogP contribution in [0.25, 0.3) is 0 Å². The van der Waals surface area contributed by atoms with Crippen LogP contribution in [0, 0.1) is 6.92 Å². The molecule has 0 bridgehead atoms. The van der Waals surface area contributed by atoms with E-state index in [4.69, 9.17) is 5.73 Å². The van der Waals surface area contributed by atoms with Crippen molar-refractivity contribution in [1.29, 1.82) is 0 Å². The zero-order valence-corrected chi connectivity index (χ0v) is 10.6. The molecule has 0 saturated heterocycles. The second-order valence-corrected chi connectivity index (χ2v) is 4.26. The van der Waals surface area contributed by atoms with Gasteiger partial charge in [0, 0.05) is 18.4 Å². The van der Waals surface area contributed by atoms with Gasteiger partial charge in [-0.3, -0.25) is 4.79 Å². The molecule has 1 heterocycles. The Bertz CT molecular complexity index is 555. The van der Waals surface area contributed by atoms with Crippen molar-refractivity contribution in [2.24, 2.45) is 0 Å². The fourth-order valence-electron chi connectivity index (χ4n) is 1.82. The largest absolute Gasteiger partial charge is 0.397 e. The molecule has 4 nitrogen and oxygen atoms in total. The molecule has 0 saturated carbocycles. The number of hydrogen-bond donors (Lipinski definition) is 2. The normalized spacial score (nSPS) is 10.3. The van der Waals surface area contributed by atoms with Gasteiger partial charge in [0.1, 0.15) is 5.69 Å². The maximum atomic E-state index is 12.1. The Morgan fingerprint density at radius 2 is 2.00 bits per heavy atom. The summed E-state index contributed by atoms with van der Waals surface area (Å²) in [6.07, 6.45) is 1.77. The van der Waals surface area contributed by atoms with E-state index in [0.717, 1.165) is 11.3 Å². The second-order valence-electron chi connectivity index (χ2n) is 4.26. The number of nitrogen functional groups attached to an aromatic ring is 1. The Hall–Kier alpha value is -2.23. The van der Waals surface area contributed by atoms with Crippen molar-refractivity contribution in [3.8, 4) is 0 Å². The molecule has 0 unspecified atom stereocenters. The lowest BCUT2D eigenvalue weighted by Crippen LogP contribution is -2.16. The minimum Gasteiger partial charge on any atom is -0.397 e. The van der Waals surface area contributed by atoms with E-state index in [-0.39, 0.29) is 5.91 Å². The fraction of sp³-hybridized carbons (Fsp3) is 0.214. The SMILES string of the molecule is CCn1cc(N)cc1C(=O)Nc1ccc(C)cc1. The number of carbonyl (C=O) groups excluding carboxylic acids is 1. The minimum absolute atomic E-state index is 0.141. The van der Waals surface area contributed by atoms with Crippen molar-refractivity contribution in [3.05, 3.63) is 47.8 Å². The highest BCUT2D eigenvalue weighted by atomic mass is 16.1. The van der Waals surface area contributed by atoms with Crippen LogP contribution >= 0.6 is 0 Å². The zero-order chi connectivity index (χ0) is 13.1. The fourth-order valence-corrected chi connectivity index (χ4v) is 1.82. The maximum Gasteiger partial charge on any atom is 0.272 e.